The molecule has 0 saturated carbocycles. The predicted molar refractivity (Wildman–Crippen MR) is 87.0 cm³/mol. The van der Waals surface area contributed by atoms with Crippen LogP contribution in [0.5, 0.6) is 0 Å². The molecule has 2 nitrogen and oxygen atoms in total. The molecule has 0 N–H and O–H groups in total. The molecule has 0 aliphatic carbocycles. The summed E-state index contributed by atoms with van der Waals surface area (Å²) in [5, 5.41) is 0. The molecule has 0 aromatic heterocycles. The highest BCUT2D eigenvalue weighted by Gasteiger charge is 2.35. The van der Waals surface area contributed by atoms with Crippen LogP contribution in [0.4, 0.5) is 0 Å². The van der Waals surface area contributed by atoms with E-state index in [4.69, 9.17) is 0 Å². The van der Waals surface area contributed by atoms with E-state index in [-0.39, 0.29) is 0 Å². The van der Waals surface area contributed by atoms with Gasteiger partial charge in [0, 0.05) is 0 Å². The Morgan fingerprint density at radius 1 is 0.619 bits per heavy atom. The second-order valence-corrected chi connectivity index (χ2v) is 6.97. The SMILES string of the molecule is CC1=C(c2ccccc2)S(=O)(=O)C(c2ccccc2)=C1C. The van der Waals surface area contributed by atoms with Crippen LogP contribution in [-0.4, -0.2) is 8.42 Å². The van der Waals surface area contributed by atoms with Crippen molar-refractivity contribution >= 4 is 19.6 Å². The van der Waals surface area contributed by atoms with Crippen molar-refractivity contribution in [1.82, 2.24) is 0 Å². The fraction of sp³-hybridized carbons (Fsp3) is 0.111. The van der Waals surface area contributed by atoms with Gasteiger partial charge in [-0.25, -0.2) is 8.42 Å². The Labute approximate surface area is 125 Å². The minimum atomic E-state index is -3.47. The van der Waals surface area contributed by atoms with Crippen LogP contribution in [-0.2, 0) is 9.84 Å². The van der Waals surface area contributed by atoms with Crippen molar-refractivity contribution in [3.63, 3.8) is 0 Å². The van der Waals surface area contributed by atoms with Crippen LogP contribution in [0.2, 0.25) is 0 Å². The molecule has 0 spiro atoms. The molecule has 21 heavy (non-hydrogen) atoms. The van der Waals surface area contributed by atoms with Crippen LogP contribution in [0.25, 0.3) is 9.81 Å². The highest BCUT2D eigenvalue weighted by molar-refractivity contribution is 8.09. The highest BCUT2D eigenvalue weighted by atomic mass is 32.2. The summed E-state index contributed by atoms with van der Waals surface area (Å²) in [6.07, 6.45) is 0. The van der Waals surface area contributed by atoms with E-state index >= 15 is 0 Å². The van der Waals surface area contributed by atoms with Gasteiger partial charge >= 0.3 is 0 Å². The lowest BCUT2D eigenvalue weighted by Crippen LogP contribution is -2.03. The standard InChI is InChI=1S/C18H16O2S/c1-13-14(2)18(16-11-7-4-8-12-16)21(19,20)17(13)15-9-5-3-6-10-15/h3-12H,1-2H3. The van der Waals surface area contributed by atoms with Crippen molar-refractivity contribution < 1.29 is 8.42 Å². The molecule has 1 aliphatic heterocycles. The lowest BCUT2D eigenvalue weighted by atomic mass is 10.0. The first-order valence-electron chi connectivity index (χ1n) is 6.81. The van der Waals surface area contributed by atoms with Gasteiger partial charge in [-0.3, -0.25) is 0 Å². The maximum Gasteiger partial charge on any atom is 0.208 e. The zero-order valence-electron chi connectivity index (χ0n) is 12.0. The molecule has 0 unspecified atom stereocenters. The Hall–Kier alpha value is -2.13. The maximum absolute atomic E-state index is 13.0. The Bertz CT molecular complexity index is 775. The zero-order valence-corrected chi connectivity index (χ0v) is 12.8. The smallest absolute Gasteiger partial charge is 0.208 e. The Balaban J connectivity index is 2.23. The fourth-order valence-corrected chi connectivity index (χ4v) is 4.98. The van der Waals surface area contributed by atoms with Crippen molar-refractivity contribution in [2.75, 3.05) is 0 Å². The second kappa shape index (κ2) is 5.01. The van der Waals surface area contributed by atoms with Gasteiger partial charge < -0.3 is 0 Å². The number of hydrogen-bond acceptors (Lipinski definition) is 2. The molecule has 0 saturated heterocycles. The fourth-order valence-electron chi connectivity index (χ4n) is 2.77. The van der Waals surface area contributed by atoms with Crippen LogP contribution in [0.3, 0.4) is 0 Å². The van der Waals surface area contributed by atoms with Gasteiger partial charge in [-0.15, -0.1) is 0 Å². The lowest BCUT2D eigenvalue weighted by Gasteiger charge is -2.08. The summed E-state index contributed by atoms with van der Waals surface area (Å²) in [4.78, 5) is 0.860. The average molecular weight is 296 g/mol. The topological polar surface area (TPSA) is 34.1 Å². The number of rotatable bonds is 2. The molecule has 1 heterocycles. The molecule has 2 aromatic carbocycles. The third-order valence-electron chi connectivity index (χ3n) is 3.85. The van der Waals surface area contributed by atoms with E-state index < -0.39 is 9.84 Å². The third-order valence-corrected chi connectivity index (χ3v) is 6.01. The molecule has 1 aliphatic rings. The first-order chi connectivity index (χ1) is 10.0. The first-order valence-corrected chi connectivity index (χ1v) is 8.30. The van der Waals surface area contributed by atoms with Crippen molar-refractivity contribution in [3.8, 4) is 0 Å². The van der Waals surface area contributed by atoms with Crippen LogP contribution >= 0.6 is 0 Å². The van der Waals surface area contributed by atoms with Gasteiger partial charge in [-0.05, 0) is 36.1 Å². The van der Waals surface area contributed by atoms with E-state index in [1.54, 1.807) is 0 Å². The normalized spacial score (nSPS) is 17.4. The van der Waals surface area contributed by atoms with Crippen molar-refractivity contribution in [2.45, 2.75) is 13.8 Å². The Morgan fingerprint density at radius 3 is 1.29 bits per heavy atom. The molecule has 0 fully saturated rings. The summed E-state index contributed by atoms with van der Waals surface area (Å²) < 4.78 is 26.0. The Morgan fingerprint density at radius 2 is 0.952 bits per heavy atom. The molecular weight excluding hydrogens is 280 g/mol. The van der Waals surface area contributed by atoms with Crippen molar-refractivity contribution in [2.24, 2.45) is 0 Å². The van der Waals surface area contributed by atoms with E-state index in [2.05, 4.69) is 0 Å². The minimum absolute atomic E-state index is 0.430. The molecule has 2 aromatic rings. The summed E-state index contributed by atoms with van der Waals surface area (Å²) in [5.41, 5.74) is 3.17. The van der Waals surface area contributed by atoms with Gasteiger partial charge in [0.15, 0.2) is 0 Å². The van der Waals surface area contributed by atoms with E-state index in [9.17, 15) is 8.42 Å². The van der Waals surface area contributed by atoms with Gasteiger partial charge in [0.2, 0.25) is 9.84 Å². The molecule has 0 radical (unpaired) electrons. The molecule has 0 amide bonds. The average Bonchev–Trinajstić information content (AvgIpc) is 2.66. The molecule has 0 atom stereocenters. The predicted octanol–water partition coefficient (Wildman–Crippen LogP) is 4.28. The number of allylic oxidation sites excluding steroid dienone is 2. The van der Waals surface area contributed by atoms with E-state index in [0.29, 0.717) is 9.81 Å². The van der Waals surface area contributed by atoms with Gasteiger partial charge in [0.1, 0.15) is 0 Å². The number of sulfone groups is 1. The molecule has 3 heteroatoms. The first kappa shape index (κ1) is 13.8. The van der Waals surface area contributed by atoms with E-state index in [1.807, 2.05) is 74.5 Å². The lowest BCUT2D eigenvalue weighted by molar-refractivity contribution is 0.615. The van der Waals surface area contributed by atoms with E-state index in [0.717, 1.165) is 22.3 Å². The molecule has 3 rings (SSSR count). The second-order valence-electron chi connectivity index (χ2n) is 5.14. The maximum atomic E-state index is 13.0. The largest absolute Gasteiger partial charge is 0.218 e. The minimum Gasteiger partial charge on any atom is -0.218 e. The highest BCUT2D eigenvalue weighted by Crippen LogP contribution is 2.45. The Kier molecular flexibility index (Phi) is 3.30. The summed E-state index contributed by atoms with van der Waals surface area (Å²) in [5.74, 6) is 0. The van der Waals surface area contributed by atoms with E-state index in [1.165, 1.54) is 0 Å². The summed E-state index contributed by atoms with van der Waals surface area (Å²) in [6, 6.07) is 18.6. The van der Waals surface area contributed by atoms with Crippen LogP contribution in [0.15, 0.2) is 71.8 Å². The summed E-state index contributed by atoms with van der Waals surface area (Å²) in [6.45, 7) is 3.76. The zero-order chi connectivity index (χ0) is 15.0. The van der Waals surface area contributed by atoms with Crippen LogP contribution in [0, 0.1) is 0 Å². The quantitative estimate of drug-likeness (QED) is 0.829. The van der Waals surface area contributed by atoms with Crippen LogP contribution < -0.4 is 0 Å². The van der Waals surface area contributed by atoms with Gasteiger partial charge in [-0.1, -0.05) is 60.7 Å². The van der Waals surface area contributed by atoms with Crippen molar-refractivity contribution in [3.05, 3.63) is 82.9 Å². The molecule has 106 valence electrons. The third kappa shape index (κ3) is 2.14. The number of benzene rings is 2. The van der Waals surface area contributed by atoms with Gasteiger partial charge in [0.25, 0.3) is 0 Å². The van der Waals surface area contributed by atoms with Crippen molar-refractivity contribution in [1.29, 1.82) is 0 Å². The van der Waals surface area contributed by atoms with Gasteiger partial charge in [-0.2, -0.15) is 0 Å². The molecular formula is C18H16O2S. The van der Waals surface area contributed by atoms with Gasteiger partial charge in [0.05, 0.1) is 9.81 Å². The monoisotopic (exact) mass is 296 g/mol. The van der Waals surface area contributed by atoms with Crippen LogP contribution in [0.1, 0.15) is 25.0 Å². The number of hydrogen-bond donors (Lipinski definition) is 0. The molecule has 0 bridgehead atoms. The summed E-state index contributed by atoms with van der Waals surface area (Å²) >= 11 is 0. The summed E-state index contributed by atoms with van der Waals surface area (Å²) in [7, 11) is -3.47.